The summed E-state index contributed by atoms with van der Waals surface area (Å²) in [6.45, 7) is 4.63. The highest BCUT2D eigenvalue weighted by atomic mass is 16.4. The largest absolute Gasteiger partial charge is 0.480 e. The monoisotopic (exact) mass is 860 g/mol. The highest BCUT2D eigenvalue weighted by molar-refractivity contribution is 5.97. The van der Waals surface area contributed by atoms with Gasteiger partial charge in [0.1, 0.15) is 30.2 Å². The Bertz CT molecular complexity index is 1990. The number of guanidine groups is 1. The number of nitrogens with two attached hydrogens (primary N) is 3. The van der Waals surface area contributed by atoms with Gasteiger partial charge in [0.2, 0.25) is 29.5 Å². The molecule has 1 aliphatic rings. The Morgan fingerprint density at radius 1 is 0.806 bits per heavy atom. The van der Waals surface area contributed by atoms with Crippen molar-refractivity contribution in [3.63, 3.8) is 0 Å². The minimum absolute atomic E-state index is 0.00615. The molecule has 5 amide bonds. The summed E-state index contributed by atoms with van der Waals surface area (Å²) in [6.07, 6.45) is 5.06. The molecule has 0 aliphatic carbocycles. The summed E-state index contributed by atoms with van der Waals surface area (Å²) in [7, 11) is 1.69. The van der Waals surface area contributed by atoms with Crippen LogP contribution in [0.4, 0.5) is 0 Å². The molecule has 0 unspecified atom stereocenters. The van der Waals surface area contributed by atoms with Crippen molar-refractivity contribution in [3.05, 3.63) is 71.9 Å². The number of para-hydroxylation sites is 1. The number of hydrogen-bond acceptors (Lipinski definition) is 9. The molecule has 2 aromatic carbocycles. The number of carboxylic acid groups (broad SMARTS) is 1. The maximum absolute atomic E-state index is 14.3. The fourth-order valence-electron chi connectivity index (χ4n) is 7.71. The van der Waals surface area contributed by atoms with Crippen LogP contribution >= 0.6 is 0 Å². The minimum atomic E-state index is -1.30. The first-order valence-electron chi connectivity index (χ1n) is 21.5. The predicted molar refractivity (Wildman–Crippen MR) is 237 cm³/mol. The highest BCUT2D eigenvalue weighted by Gasteiger charge is 2.40. The average Bonchev–Trinajstić information content (AvgIpc) is 3.91. The molecule has 338 valence electrons. The lowest BCUT2D eigenvalue weighted by molar-refractivity contribution is -0.143. The number of aromatic amines is 1. The number of likely N-dealkylation sites (N-methyl/N-ethyl adjacent to an activating group) is 1. The molecule has 1 fully saturated rings. The summed E-state index contributed by atoms with van der Waals surface area (Å²) in [6, 6.07) is 10.9. The van der Waals surface area contributed by atoms with Crippen LogP contribution in [0.5, 0.6) is 0 Å². The van der Waals surface area contributed by atoms with E-state index in [2.05, 4.69) is 36.6 Å². The molecule has 1 saturated heterocycles. The van der Waals surface area contributed by atoms with Crippen molar-refractivity contribution >= 4 is 52.4 Å². The average molecular weight is 860 g/mol. The summed E-state index contributed by atoms with van der Waals surface area (Å²) in [4.78, 5) is 90.9. The van der Waals surface area contributed by atoms with Crippen LogP contribution in [0.15, 0.2) is 65.8 Å². The molecule has 0 radical (unpaired) electrons. The number of carboxylic acids is 1. The fourth-order valence-corrected chi connectivity index (χ4v) is 7.71. The number of nitrogens with zero attached hydrogens (tertiary/aromatic N) is 2. The number of hydrogen-bond donors (Lipinski definition) is 10. The Kier molecular flexibility index (Phi) is 19.2. The molecular weight excluding hydrogens is 795 g/mol. The quantitative estimate of drug-likeness (QED) is 0.0323. The third kappa shape index (κ3) is 14.6. The number of benzene rings is 2. The maximum atomic E-state index is 14.3. The van der Waals surface area contributed by atoms with E-state index < -0.39 is 65.8 Å². The van der Waals surface area contributed by atoms with Gasteiger partial charge < -0.3 is 58.8 Å². The number of aliphatic carboxylic acids is 1. The minimum Gasteiger partial charge on any atom is -0.480 e. The molecule has 2 heterocycles. The van der Waals surface area contributed by atoms with Gasteiger partial charge in [-0.05, 0) is 94.5 Å². The number of H-pyrrole nitrogens is 1. The van der Waals surface area contributed by atoms with Crippen molar-refractivity contribution < 1.29 is 33.9 Å². The number of aliphatic imine (C=N–C) groups is 1. The lowest BCUT2D eigenvalue weighted by Gasteiger charge is -2.31. The van der Waals surface area contributed by atoms with Crippen LogP contribution in [-0.4, -0.2) is 119 Å². The van der Waals surface area contributed by atoms with Gasteiger partial charge in [-0.2, -0.15) is 0 Å². The van der Waals surface area contributed by atoms with Gasteiger partial charge in [0.05, 0.1) is 6.04 Å². The van der Waals surface area contributed by atoms with E-state index in [9.17, 15) is 33.9 Å². The number of nitrogens with one attached hydrogen (secondary N) is 6. The fraction of sp³-hybridized carbons (Fsp3) is 0.523. The zero-order chi connectivity index (χ0) is 45.2. The van der Waals surface area contributed by atoms with E-state index >= 15 is 0 Å². The molecule has 1 aromatic heterocycles. The van der Waals surface area contributed by atoms with E-state index in [1.165, 1.54) is 4.90 Å². The van der Waals surface area contributed by atoms with Gasteiger partial charge in [0, 0.05) is 36.6 Å². The number of unbranched alkanes of at least 4 members (excludes halogenated alkanes) is 1. The standard InChI is InChI=1S/C44H65N11O7/c1-27(2)23-35(39(57)53-36(25-29-26-50-31-16-8-7-15-30(29)31)40(58)52-33(43(61)62)18-11-21-49-44(46)47)54-41(59)37-19-12-22-55(37)42(60)32(17-9-10-20-45)51-38(56)34(48-3)24-28-13-5-4-6-14-28/h4-8,13-16,26-27,32-37,48,50H,9-12,17-25,45H2,1-3H3,(H,51,56)(H,52,58)(H,53,57)(H,54,59)(H,61,62)(H4,46,47,49)/t32-,33+,34-,35-,36-,37-/m0/s1. The molecular formula is C44H65N11O7. The number of rotatable bonds is 25. The molecule has 3 aromatic rings. The number of aromatic nitrogens is 1. The Labute approximate surface area is 363 Å². The summed E-state index contributed by atoms with van der Waals surface area (Å²) >= 11 is 0. The number of amides is 5. The predicted octanol–water partition coefficient (Wildman–Crippen LogP) is 0.785. The van der Waals surface area contributed by atoms with E-state index in [0.717, 1.165) is 16.5 Å². The molecule has 0 spiro atoms. The first-order chi connectivity index (χ1) is 29.7. The number of carbonyl (C=O) groups excluding carboxylic acids is 5. The van der Waals surface area contributed by atoms with Crippen molar-refractivity contribution in [1.82, 2.24) is 36.5 Å². The van der Waals surface area contributed by atoms with Gasteiger partial charge in [-0.25, -0.2) is 4.79 Å². The van der Waals surface area contributed by atoms with Gasteiger partial charge >= 0.3 is 5.97 Å². The van der Waals surface area contributed by atoms with Gasteiger partial charge in [0.15, 0.2) is 5.96 Å². The van der Waals surface area contributed by atoms with Crippen LogP contribution in [0.3, 0.4) is 0 Å². The van der Waals surface area contributed by atoms with Crippen LogP contribution in [-0.2, 0) is 41.6 Å². The van der Waals surface area contributed by atoms with Crippen molar-refractivity contribution in [2.45, 2.75) is 114 Å². The van der Waals surface area contributed by atoms with E-state index in [-0.39, 0.29) is 56.6 Å². The topological polar surface area (TPSA) is 292 Å². The Morgan fingerprint density at radius 2 is 1.45 bits per heavy atom. The number of likely N-dealkylation sites (tertiary alicyclic amines) is 1. The lowest BCUT2D eigenvalue weighted by atomic mass is 10.00. The van der Waals surface area contributed by atoms with E-state index in [1.54, 1.807) is 13.2 Å². The Morgan fingerprint density at radius 3 is 2.13 bits per heavy atom. The Balaban J connectivity index is 1.52. The zero-order valence-corrected chi connectivity index (χ0v) is 36.0. The first kappa shape index (κ1) is 48.7. The van der Waals surface area contributed by atoms with E-state index in [4.69, 9.17) is 17.2 Å². The SMILES string of the molecule is CN[C@@H](Cc1ccccc1)C(=O)N[C@@H](CCCCN)C(=O)N1CCC[C@H]1C(=O)N[C@@H](CC(C)C)C(=O)N[C@@H](Cc1c[nH]c2ccccc12)C(=O)N[C@H](CCCN=C(N)N)C(=O)O. The molecule has 1 aliphatic heterocycles. The van der Waals surface area contributed by atoms with Gasteiger partial charge in [-0.1, -0.05) is 62.4 Å². The van der Waals surface area contributed by atoms with E-state index in [1.807, 2.05) is 68.4 Å². The number of carbonyl (C=O) groups is 6. The number of fused-ring (bicyclic) bond motifs is 1. The van der Waals surface area contributed by atoms with Crippen LogP contribution < -0.4 is 43.8 Å². The molecule has 6 atom stereocenters. The molecule has 0 bridgehead atoms. The van der Waals surface area contributed by atoms with Crippen LogP contribution in [0.1, 0.15) is 76.3 Å². The third-order valence-electron chi connectivity index (χ3n) is 11.0. The molecule has 18 nitrogen and oxygen atoms in total. The first-order valence-corrected chi connectivity index (χ1v) is 21.5. The smallest absolute Gasteiger partial charge is 0.326 e. The van der Waals surface area contributed by atoms with Gasteiger partial charge in [-0.3, -0.25) is 29.0 Å². The van der Waals surface area contributed by atoms with Gasteiger partial charge in [0.25, 0.3) is 0 Å². The molecule has 4 rings (SSSR count). The molecule has 13 N–H and O–H groups in total. The third-order valence-corrected chi connectivity index (χ3v) is 11.0. The van der Waals surface area contributed by atoms with Crippen molar-refractivity contribution in [2.24, 2.45) is 28.1 Å². The second-order valence-corrected chi connectivity index (χ2v) is 16.2. The van der Waals surface area contributed by atoms with Gasteiger partial charge in [-0.15, -0.1) is 0 Å². The van der Waals surface area contributed by atoms with Crippen molar-refractivity contribution in [1.29, 1.82) is 0 Å². The summed E-state index contributed by atoms with van der Waals surface area (Å²) in [5.41, 5.74) is 19.0. The molecule has 62 heavy (non-hydrogen) atoms. The van der Waals surface area contributed by atoms with Crippen LogP contribution in [0, 0.1) is 5.92 Å². The summed E-state index contributed by atoms with van der Waals surface area (Å²) in [5, 5.41) is 25.0. The maximum Gasteiger partial charge on any atom is 0.326 e. The second-order valence-electron chi connectivity index (χ2n) is 16.2. The summed E-state index contributed by atoms with van der Waals surface area (Å²) < 4.78 is 0. The second kappa shape index (κ2) is 24.4. The molecule has 0 saturated carbocycles. The van der Waals surface area contributed by atoms with E-state index in [0.29, 0.717) is 50.6 Å². The van der Waals surface area contributed by atoms with Crippen molar-refractivity contribution in [3.8, 4) is 0 Å². The highest BCUT2D eigenvalue weighted by Crippen LogP contribution is 2.22. The Hall–Kier alpha value is -6.01. The van der Waals surface area contributed by atoms with Crippen molar-refractivity contribution in [2.75, 3.05) is 26.7 Å². The lowest BCUT2D eigenvalue weighted by Crippen LogP contribution is -2.59. The zero-order valence-electron chi connectivity index (χ0n) is 36.0. The van der Waals surface area contributed by atoms with Crippen LogP contribution in [0.2, 0.25) is 0 Å². The molecule has 18 heteroatoms. The normalized spacial score (nSPS) is 16.1. The summed E-state index contributed by atoms with van der Waals surface area (Å²) in [5.74, 6) is -4.13. The van der Waals surface area contributed by atoms with Crippen LogP contribution in [0.25, 0.3) is 10.9 Å².